The average Bonchev–Trinajstić information content (AvgIpc) is 2.83. The Kier molecular flexibility index (Phi) is 7.68. The molecule has 0 spiro atoms. The minimum absolute atomic E-state index is 0.0928. The normalized spacial score (nSPS) is 16.0. The number of carbonyl (C=O) groups is 3. The number of rotatable bonds is 7. The van der Waals surface area contributed by atoms with E-state index in [9.17, 15) is 14.4 Å². The van der Waals surface area contributed by atoms with E-state index in [1.807, 2.05) is 6.26 Å². The van der Waals surface area contributed by atoms with Crippen LogP contribution in [0.4, 0.5) is 4.79 Å². The molecule has 1 aliphatic heterocycles. The third-order valence-electron chi connectivity index (χ3n) is 3.31. The monoisotopic (exact) mass is 418 g/mol. The van der Waals surface area contributed by atoms with Gasteiger partial charge in [0.05, 0.1) is 4.91 Å². The zero-order valence-corrected chi connectivity index (χ0v) is 16.5. The first-order valence-electron chi connectivity index (χ1n) is 7.38. The molecule has 3 amide bonds. The van der Waals surface area contributed by atoms with Crippen LogP contribution >= 0.6 is 46.7 Å². The number of imide groups is 1. The van der Waals surface area contributed by atoms with Crippen molar-refractivity contribution in [2.24, 2.45) is 0 Å². The number of halogens is 2. The smallest absolute Gasteiger partial charge is 0.293 e. The summed E-state index contributed by atoms with van der Waals surface area (Å²) >= 11 is 14.4. The van der Waals surface area contributed by atoms with Gasteiger partial charge in [0.15, 0.2) is 0 Å². The SMILES string of the molecule is CSCCC(=O)NCCN1C(=O)S/C(=C\c2ccc(Cl)cc2Cl)C1=O. The molecule has 25 heavy (non-hydrogen) atoms. The van der Waals surface area contributed by atoms with Gasteiger partial charge in [0, 0.05) is 35.3 Å². The van der Waals surface area contributed by atoms with E-state index in [4.69, 9.17) is 23.2 Å². The molecule has 1 N–H and O–H groups in total. The molecule has 5 nitrogen and oxygen atoms in total. The summed E-state index contributed by atoms with van der Waals surface area (Å²) in [4.78, 5) is 37.4. The second-order valence-corrected chi connectivity index (χ2v) is 7.91. The van der Waals surface area contributed by atoms with E-state index in [0.717, 1.165) is 22.4 Å². The van der Waals surface area contributed by atoms with Crippen molar-refractivity contribution in [3.05, 3.63) is 38.7 Å². The van der Waals surface area contributed by atoms with Gasteiger partial charge in [-0.15, -0.1) is 0 Å². The van der Waals surface area contributed by atoms with Crippen molar-refractivity contribution in [1.29, 1.82) is 0 Å². The van der Waals surface area contributed by atoms with Gasteiger partial charge in [0.1, 0.15) is 0 Å². The van der Waals surface area contributed by atoms with Crippen LogP contribution in [0.2, 0.25) is 10.0 Å². The van der Waals surface area contributed by atoms with Gasteiger partial charge < -0.3 is 5.32 Å². The summed E-state index contributed by atoms with van der Waals surface area (Å²) in [5, 5.41) is 3.24. The van der Waals surface area contributed by atoms with E-state index in [1.54, 1.807) is 36.0 Å². The molecule has 0 bridgehead atoms. The van der Waals surface area contributed by atoms with Crippen LogP contribution in [0.3, 0.4) is 0 Å². The molecule has 0 atom stereocenters. The van der Waals surface area contributed by atoms with Crippen LogP contribution in [-0.4, -0.2) is 47.1 Å². The van der Waals surface area contributed by atoms with E-state index >= 15 is 0 Å². The van der Waals surface area contributed by atoms with Gasteiger partial charge in [-0.25, -0.2) is 0 Å². The lowest BCUT2D eigenvalue weighted by Crippen LogP contribution is -2.37. The molecule has 0 radical (unpaired) electrons. The Labute approximate surface area is 164 Å². The zero-order chi connectivity index (χ0) is 18.4. The van der Waals surface area contributed by atoms with Gasteiger partial charge in [-0.3, -0.25) is 19.3 Å². The third kappa shape index (κ3) is 5.67. The number of hydrogen-bond acceptors (Lipinski definition) is 5. The number of benzene rings is 1. The van der Waals surface area contributed by atoms with Gasteiger partial charge in [0.25, 0.3) is 11.1 Å². The van der Waals surface area contributed by atoms with Gasteiger partial charge in [-0.1, -0.05) is 29.3 Å². The average molecular weight is 419 g/mol. The van der Waals surface area contributed by atoms with Crippen LogP contribution in [0.1, 0.15) is 12.0 Å². The maximum absolute atomic E-state index is 12.4. The number of thioether (sulfide) groups is 2. The van der Waals surface area contributed by atoms with Crippen molar-refractivity contribution in [2.45, 2.75) is 6.42 Å². The summed E-state index contributed by atoms with van der Waals surface area (Å²) < 4.78 is 0. The summed E-state index contributed by atoms with van der Waals surface area (Å²) in [6, 6.07) is 4.92. The number of carbonyl (C=O) groups excluding carboxylic acids is 3. The van der Waals surface area contributed by atoms with Crippen LogP contribution in [0.5, 0.6) is 0 Å². The highest BCUT2D eigenvalue weighted by Crippen LogP contribution is 2.33. The Morgan fingerprint density at radius 3 is 2.80 bits per heavy atom. The molecular weight excluding hydrogens is 403 g/mol. The molecule has 134 valence electrons. The standard InChI is InChI=1S/C16H16Cl2N2O3S2/c1-24-7-4-14(21)19-5-6-20-15(22)13(25-16(20)23)8-10-2-3-11(17)9-12(10)18/h2-3,8-9H,4-7H2,1H3,(H,19,21)/b13-8-. The van der Waals surface area contributed by atoms with Crippen LogP contribution in [0, 0.1) is 0 Å². The molecule has 0 unspecified atom stereocenters. The largest absolute Gasteiger partial charge is 0.354 e. The lowest BCUT2D eigenvalue weighted by Gasteiger charge is -2.12. The van der Waals surface area contributed by atoms with E-state index < -0.39 is 0 Å². The molecule has 1 fully saturated rings. The van der Waals surface area contributed by atoms with Crippen molar-refractivity contribution in [3.63, 3.8) is 0 Å². The molecule has 2 rings (SSSR count). The first-order chi connectivity index (χ1) is 11.9. The molecule has 0 saturated carbocycles. The van der Waals surface area contributed by atoms with Crippen molar-refractivity contribution in [2.75, 3.05) is 25.1 Å². The Morgan fingerprint density at radius 2 is 2.12 bits per heavy atom. The predicted octanol–water partition coefficient (Wildman–Crippen LogP) is 3.90. The highest BCUT2D eigenvalue weighted by Gasteiger charge is 2.34. The summed E-state index contributed by atoms with van der Waals surface area (Å²) in [6.45, 7) is 0.377. The molecule has 1 aromatic carbocycles. The first kappa shape index (κ1) is 20.2. The van der Waals surface area contributed by atoms with Gasteiger partial charge in [-0.2, -0.15) is 11.8 Å². The molecule has 1 aromatic rings. The highest BCUT2D eigenvalue weighted by atomic mass is 35.5. The van der Waals surface area contributed by atoms with E-state index in [-0.39, 0.29) is 30.1 Å². The molecule has 0 aromatic heterocycles. The van der Waals surface area contributed by atoms with Crippen molar-refractivity contribution in [1.82, 2.24) is 10.2 Å². The van der Waals surface area contributed by atoms with Crippen LogP contribution in [0.15, 0.2) is 23.1 Å². The van der Waals surface area contributed by atoms with Crippen molar-refractivity contribution >= 4 is 69.9 Å². The Balaban J connectivity index is 1.97. The topological polar surface area (TPSA) is 66.5 Å². The number of amides is 3. The molecule has 1 aliphatic rings. The van der Waals surface area contributed by atoms with E-state index in [1.165, 1.54) is 0 Å². The van der Waals surface area contributed by atoms with Crippen LogP contribution in [-0.2, 0) is 9.59 Å². The minimum Gasteiger partial charge on any atom is -0.354 e. The summed E-state index contributed by atoms with van der Waals surface area (Å²) in [7, 11) is 0. The van der Waals surface area contributed by atoms with Crippen LogP contribution in [0.25, 0.3) is 6.08 Å². The zero-order valence-electron chi connectivity index (χ0n) is 13.4. The minimum atomic E-state index is -0.389. The maximum atomic E-state index is 12.4. The molecule has 0 aliphatic carbocycles. The molecule has 1 saturated heterocycles. The summed E-state index contributed by atoms with van der Waals surface area (Å²) in [5.74, 6) is 0.252. The number of hydrogen-bond donors (Lipinski definition) is 1. The summed E-state index contributed by atoms with van der Waals surface area (Å²) in [6.07, 6.45) is 3.91. The van der Waals surface area contributed by atoms with Crippen molar-refractivity contribution in [3.8, 4) is 0 Å². The molecular formula is C16H16Cl2N2O3S2. The van der Waals surface area contributed by atoms with Crippen molar-refractivity contribution < 1.29 is 14.4 Å². The van der Waals surface area contributed by atoms with E-state index in [0.29, 0.717) is 26.9 Å². The molecule has 9 heteroatoms. The fraction of sp³-hybridized carbons (Fsp3) is 0.312. The third-order valence-corrected chi connectivity index (χ3v) is 5.40. The highest BCUT2D eigenvalue weighted by molar-refractivity contribution is 8.18. The second kappa shape index (κ2) is 9.52. The Bertz CT molecular complexity index is 725. The first-order valence-corrected chi connectivity index (χ1v) is 10.3. The van der Waals surface area contributed by atoms with Gasteiger partial charge in [-0.05, 0) is 41.8 Å². The fourth-order valence-corrected chi connectivity index (χ4v) is 3.75. The van der Waals surface area contributed by atoms with Gasteiger partial charge in [0.2, 0.25) is 5.91 Å². The lowest BCUT2D eigenvalue weighted by molar-refractivity contribution is -0.124. The van der Waals surface area contributed by atoms with Crippen LogP contribution < -0.4 is 5.32 Å². The Hall–Kier alpha value is -1.15. The predicted molar refractivity (Wildman–Crippen MR) is 105 cm³/mol. The Morgan fingerprint density at radius 1 is 1.36 bits per heavy atom. The number of nitrogens with zero attached hydrogens (tertiary/aromatic N) is 1. The molecule has 1 heterocycles. The van der Waals surface area contributed by atoms with Gasteiger partial charge >= 0.3 is 0 Å². The number of nitrogens with one attached hydrogen (secondary N) is 1. The maximum Gasteiger partial charge on any atom is 0.293 e. The van der Waals surface area contributed by atoms with E-state index in [2.05, 4.69) is 5.32 Å². The fourth-order valence-electron chi connectivity index (χ4n) is 2.04. The second-order valence-electron chi connectivity index (χ2n) is 5.09. The quantitative estimate of drug-likeness (QED) is 0.680. The lowest BCUT2D eigenvalue weighted by atomic mass is 10.2. The summed E-state index contributed by atoms with van der Waals surface area (Å²) in [5.41, 5.74) is 0.613.